The second-order valence-electron chi connectivity index (χ2n) is 5.92. The zero-order chi connectivity index (χ0) is 12.5. The van der Waals surface area contributed by atoms with Gasteiger partial charge in [-0.3, -0.25) is 14.6 Å². The van der Waals surface area contributed by atoms with E-state index in [4.69, 9.17) is 0 Å². The molecule has 0 aromatic rings. The largest absolute Gasteiger partial charge is 0.480 e. The fraction of sp³-hybridized carbons (Fsp3) is 0.923. The van der Waals surface area contributed by atoms with E-state index in [0.29, 0.717) is 18.6 Å². The molecule has 5 heteroatoms. The molecule has 0 aromatic heterocycles. The molecule has 2 heterocycles. The Morgan fingerprint density at radius 1 is 1.28 bits per heavy atom. The van der Waals surface area contributed by atoms with Crippen molar-refractivity contribution in [3.05, 3.63) is 0 Å². The van der Waals surface area contributed by atoms with Crippen LogP contribution in [0.5, 0.6) is 0 Å². The first-order valence-electron chi connectivity index (χ1n) is 7.17. The lowest BCUT2D eigenvalue weighted by molar-refractivity contribution is -0.140. The lowest BCUT2D eigenvalue weighted by Crippen LogP contribution is -2.55. The van der Waals surface area contributed by atoms with Crippen LogP contribution < -0.4 is 5.32 Å². The first kappa shape index (κ1) is 12.4. The first-order chi connectivity index (χ1) is 8.72. The Hall–Kier alpha value is -0.650. The quantitative estimate of drug-likeness (QED) is 0.721. The number of hydrogen-bond donors (Lipinski definition) is 2. The molecule has 0 radical (unpaired) electrons. The van der Waals surface area contributed by atoms with Crippen molar-refractivity contribution in [1.29, 1.82) is 0 Å². The second kappa shape index (κ2) is 5.15. The van der Waals surface area contributed by atoms with Gasteiger partial charge in [-0.25, -0.2) is 0 Å². The van der Waals surface area contributed by atoms with Crippen molar-refractivity contribution in [3.8, 4) is 0 Å². The highest BCUT2D eigenvalue weighted by Gasteiger charge is 2.34. The van der Waals surface area contributed by atoms with Crippen LogP contribution in [-0.4, -0.2) is 71.7 Å². The summed E-state index contributed by atoms with van der Waals surface area (Å²) < 4.78 is 0. The summed E-state index contributed by atoms with van der Waals surface area (Å²) in [5, 5.41) is 12.5. The second-order valence-corrected chi connectivity index (χ2v) is 5.92. The molecule has 2 atom stereocenters. The van der Waals surface area contributed by atoms with Crippen molar-refractivity contribution in [3.63, 3.8) is 0 Å². The minimum absolute atomic E-state index is 0.384. The average molecular weight is 253 g/mol. The van der Waals surface area contributed by atoms with E-state index in [9.17, 15) is 9.90 Å². The van der Waals surface area contributed by atoms with Crippen LogP contribution in [0.4, 0.5) is 0 Å². The number of aliphatic carboxylic acids is 1. The minimum atomic E-state index is -0.698. The number of carboxylic acid groups (broad SMARTS) is 1. The number of piperazine rings is 1. The molecule has 2 aliphatic heterocycles. The third kappa shape index (κ3) is 2.84. The fourth-order valence-electron chi connectivity index (χ4n) is 3.22. The number of carboxylic acids is 1. The summed E-state index contributed by atoms with van der Waals surface area (Å²) in [5.41, 5.74) is 0. The van der Waals surface area contributed by atoms with Gasteiger partial charge in [0.1, 0.15) is 6.04 Å². The lowest BCUT2D eigenvalue weighted by atomic mass is 10.1. The fourth-order valence-corrected chi connectivity index (χ4v) is 3.22. The molecule has 2 unspecified atom stereocenters. The van der Waals surface area contributed by atoms with E-state index in [-0.39, 0.29) is 6.04 Å². The summed E-state index contributed by atoms with van der Waals surface area (Å²) in [6.07, 6.45) is 4.87. The molecule has 1 saturated carbocycles. The van der Waals surface area contributed by atoms with Gasteiger partial charge in [-0.05, 0) is 32.2 Å². The van der Waals surface area contributed by atoms with Crippen LogP contribution in [0.3, 0.4) is 0 Å². The number of fused-ring (bicyclic) bond motifs is 1. The summed E-state index contributed by atoms with van der Waals surface area (Å²) in [6, 6.07) is 0.749. The van der Waals surface area contributed by atoms with E-state index >= 15 is 0 Å². The van der Waals surface area contributed by atoms with E-state index < -0.39 is 5.97 Å². The van der Waals surface area contributed by atoms with E-state index in [0.717, 1.165) is 32.5 Å². The van der Waals surface area contributed by atoms with Gasteiger partial charge >= 0.3 is 5.97 Å². The zero-order valence-corrected chi connectivity index (χ0v) is 10.8. The smallest absolute Gasteiger partial charge is 0.322 e. The molecule has 0 spiro atoms. The van der Waals surface area contributed by atoms with Crippen LogP contribution in [0, 0.1) is 0 Å². The van der Waals surface area contributed by atoms with Crippen molar-refractivity contribution >= 4 is 5.97 Å². The van der Waals surface area contributed by atoms with Crippen molar-refractivity contribution in [1.82, 2.24) is 15.1 Å². The monoisotopic (exact) mass is 253 g/mol. The minimum Gasteiger partial charge on any atom is -0.480 e. The van der Waals surface area contributed by atoms with Crippen molar-refractivity contribution in [2.45, 2.75) is 43.8 Å². The maximum absolute atomic E-state index is 11.3. The third-order valence-electron chi connectivity index (χ3n) is 4.42. The Morgan fingerprint density at radius 2 is 2.11 bits per heavy atom. The van der Waals surface area contributed by atoms with Gasteiger partial charge in [-0.1, -0.05) is 0 Å². The van der Waals surface area contributed by atoms with Crippen LogP contribution >= 0.6 is 0 Å². The third-order valence-corrected chi connectivity index (χ3v) is 4.42. The van der Waals surface area contributed by atoms with Crippen LogP contribution in [0.15, 0.2) is 0 Å². The number of nitrogens with zero attached hydrogens (tertiary/aromatic N) is 2. The topological polar surface area (TPSA) is 55.8 Å². The molecule has 1 aliphatic carbocycles. The highest BCUT2D eigenvalue weighted by Crippen LogP contribution is 2.22. The van der Waals surface area contributed by atoms with Gasteiger partial charge in [0, 0.05) is 38.3 Å². The van der Waals surface area contributed by atoms with Gasteiger partial charge in [0.15, 0.2) is 0 Å². The van der Waals surface area contributed by atoms with Gasteiger partial charge in [-0.2, -0.15) is 0 Å². The van der Waals surface area contributed by atoms with Gasteiger partial charge in [0.25, 0.3) is 0 Å². The Bertz CT molecular complexity index is 319. The maximum Gasteiger partial charge on any atom is 0.322 e. The van der Waals surface area contributed by atoms with E-state index in [2.05, 4.69) is 15.1 Å². The highest BCUT2D eigenvalue weighted by molar-refractivity contribution is 5.73. The van der Waals surface area contributed by atoms with Crippen LogP contribution in [0.1, 0.15) is 25.7 Å². The normalized spacial score (nSPS) is 31.2. The van der Waals surface area contributed by atoms with E-state index in [1.54, 1.807) is 0 Å². The van der Waals surface area contributed by atoms with Crippen molar-refractivity contribution in [2.24, 2.45) is 0 Å². The number of carbonyl (C=O) groups is 1. The molecule has 0 amide bonds. The molecule has 5 nitrogen and oxygen atoms in total. The molecule has 0 bridgehead atoms. The predicted octanol–water partition coefficient (Wildman–Crippen LogP) is -0.0284. The summed E-state index contributed by atoms with van der Waals surface area (Å²) in [7, 11) is 0. The van der Waals surface area contributed by atoms with Crippen LogP contribution in [0.25, 0.3) is 0 Å². The van der Waals surface area contributed by atoms with Crippen molar-refractivity contribution < 1.29 is 9.90 Å². The molecule has 0 aromatic carbocycles. The van der Waals surface area contributed by atoms with E-state index in [1.807, 2.05) is 0 Å². The average Bonchev–Trinajstić information content (AvgIpc) is 3.04. The van der Waals surface area contributed by atoms with Gasteiger partial charge in [0.2, 0.25) is 0 Å². The summed E-state index contributed by atoms with van der Waals surface area (Å²) >= 11 is 0. The van der Waals surface area contributed by atoms with Crippen LogP contribution in [0.2, 0.25) is 0 Å². The van der Waals surface area contributed by atoms with Gasteiger partial charge in [0.05, 0.1) is 0 Å². The SMILES string of the molecule is O=C(O)C(CN1CCN2CCCC2C1)NC1CC1. The van der Waals surface area contributed by atoms with Gasteiger partial charge in [-0.15, -0.1) is 0 Å². The Balaban J connectivity index is 1.52. The van der Waals surface area contributed by atoms with Crippen LogP contribution in [-0.2, 0) is 4.79 Å². The maximum atomic E-state index is 11.3. The highest BCUT2D eigenvalue weighted by atomic mass is 16.4. The Kier molecular flexibility index (Phi) is 3.54. The molecular formula is C13H23N3O2. The van der Waals surface area contributed by atoms with E-state index in [1.165, 1.54) is 19.4 Å². The van der Waals surface area contributed by atoms with Crippen molar-refractivity contribution in [2.75, 3.05) is 32.7 Å². The standard InChI is InChI=1S/C13H23N3O2/c17-13(18)12(14-10-3-4-10)9-15-6-7-16-5-1-2-11(16)8-15/h10-12,14H,1-9H2,(H,17,18). The summed E-state index contributed by atoms with van der Waals surface area (Å²) in [4.78, 5) is 16.2. The molecular weight excluding hydrogens is 230 g/mol. The molecule has 3 fully saturated rings. The number of nitrogens with one attached hydrogen (secondary N) is 1. The molecule has 102 valence electrons. The first-order valence-corrected chi connectivity index (χ1v) is 7.17. The molecule has 3 rings (SSSR count). The molecule has 2 saturated heterocycles. The lowest BCUT2D eigenvalue weighted by Gasteiger charge is -2.38. The predicted molar refractivity (Wildman–Crippen MR) is 68.6 cm³/mol. The number of hydrogen-bond acceptors (Lipinski definition) is 4. The summed E-state index contributed by atoms with van der Waals surface area (Å²) in [6.45, 7) is 5.08. The molecule has 2 N–H and O–H groups in total. The Labute approximate surface area is 108 Å². The van der Waals surface area contributed by atoms with Gasteiger partial charge < -0.3 is 10.4 Å². The summed E-state index contributed by atoms with van der Waals surface area (Å²) in [5.74, 6) is -0.698. The zero-order valence-electron chi connectivity index (χ0n) is 10.8. The Morgan fingerprint density at radius 3 is 2.83 bits per heavy atom. The molecule has 3 aliphatic rings. The molecule has 18 heavy (non-hydrogen) atoms. The number of rotatable bonds is 5.